The van der Waals surface area contributed by atoms with Crippen LogP contribution < -0.4 is 10.0 Å². The van der Waals surface area contributed by atoms with Crippen molar-refractivity contribution in [2.24, 2.45) is 5.92 Å². The summed E-state index contributed by atoms with van der Waals surface area (Å²) in [5, 5.41) is 2.77. The van der Waals surface area contributed by atoms with Crippen molar-refractivity contribution in [3.05, 3.63) is 23.8 Å². The van der Waals surface area contributed by atoms with Crippen LogP contribution >= 0.6 is 0 Å². The normalized spacial score (nSPS) is 25.4. The zero-order valence-electron chi connectivity index (χ0n) is 12.8. The first kappa shape index (κ1) is 15.5. The monoisotopic (exact) mass is 322 g/mol. The third kappa shape index (κ3) is 3.17. The highest BCUT2D eigenvalue weighted by Crippen LogP contribution is 2.28. The minimum Gasteiger partial charge on any atom is -0.326 e. The zero-order chi connectivity index (χ0) is 15.7. The number of hydrogen-bond acceptors (Lipinski definition) is 3. The van der Waals surface area contributed by atoms with Gasteiger partial charge in [-0.3, -0.25) is 4.79 Å². The number of amides is 1. The maximum absolute atomic E-state index is 12.6. The molecular weight excluding hydrogens is 300 g/mol. The highest BCUT2D eigenvalue weighted by Gasteiger charge is 2.27. The van der Waals surface area contributed by atoms with Crippen LogP contribution in [0.25, 0.3) is 0 Å². The average Bonchev–Trinajstić information content (AvgIpc) is 2.49. The Morgan fingerprint density at radius 2 is 1.95 bits per heavy atom. The predicted molar refractivity (Wildman–Crippen MR) is 85.1 cm³/mol. The van der Waals surface area contributed by atoms with Gasteiger partial charge in [0.25, 0.3) is 0 Å². The van der Waals surface area contributed by atoms with E-state index in [-0.39, 0.29) is 11.9 Å². The van der Waals surface area contributed by atoms with Gasteiger partial charge in [-0.05, 0) is 48.9 Å². The number of carbonyl (C=O) groups is 1. The molecule has 2 N–H and O–H groups in total. The number of fused-ring (bicyclic) bond motifs is 1. The first-order chi connectivity index (χ1) is 10.5. The molecule has 1 amide bonds. The minimum atomic E-state index is -3.50. The van der Waals surface area contributed by atoms with Crippen molar-refractivity contribution in [1.29, 1.82) is 0 Å². The van der Waals surface area contributed by atoms with E-state index in [0.29, 0.717) is 23.7 Å². The third-order valence-corrected chi connectivity index (χ3v) is 6.19. The maximum atomic E-state index is 12.6. The highest BCUT2D eigenvalue weighted by molar-refractivity contribution is 7.89. The Morgan fingerprint density at radius 1 is 1.18 bits per heavy atom. The highest BCUT2D eigenvalue weighted by atomic mass is 32.2. The van der Waals surface area contributed by atoms with Crippen LogP contribution in [-0.2, 0) is 21.2 Å². The maximum Gasteiger partial charge on any atom is 0.240 e. The van der Waals surface area contributed by atoms with Crippen molar-refractivity contribution in [1.82, 2.24) is 4.72 Å². The van der Waals surface area contributed by atoms with Crippen LogP contribution in [0.2, 0.25) is 0 Å². The molecule has 3 rings (SSSR count). The molecule has 0 spiro atoms. The van der Waals surface area contributed by atoms with Gasteiger partial charge in [0, 0.05) is 18.2 Å². The van der Waals surface area contributed by atoms with Crippen LogP contribution in [0.3, 0.4) is 0 Å². The second-order valence-electron chi connectivity index (χ2n) is 6.36. The van der Waals surface area contributed by atoms with Crippen molar-refractivity contribution >= 4 is 21.6 Å². The lowest BCUT2D eigenvalue weighted by Gasteiger charge is -2.29. The van der Waals surface area contributed by atoms with Crippen LogP contribution in [0.15, 0.2) is 23.1 Å². The molecule has 1 fully saturated rings. The van der Waals surface area contributed by atoms with Crippen LogP contribution in [0, 0.1) is 5.92 Å². The average molecular weight is 322 g/mol. The van der Waals surface area contributed by atoms with E-state index in [2.05, 4.69) is 17.0 Å². The summed E-state index contributed by atoms with van der Waals surface area (Å²) in [6.45, 7) is 2.11. The van der Waals surface area contributed by atoms with Crippen LogP contribution in [0.5, 0.6) is 0 Å². The molecule has 0 unspecified atom stereocenters. The summed E-state index contributed by atoms with van der Waals surface area (Å²) in [4.78, 5) is 11.7. The van der Waals surface area contributed by atoms with Crippen molar-refractivity contribution in [2.75, 3.05) is 5.32 Å². The number of aryl methyl sites for hydroxylation is 1. The van der Waals surface area contributed by atoms with E-state index in [1.165, 1.54) is 6.42 Å². The number of nitrogens with one attached hydrogen (secondary N) is 2. The lowest BCUT2D eigenvalue weighted by Crippen LogP contribution is -2.41. The van der Waals surface area contributed by atoms with Gasteiger partial charge in [-0.2, -0.15) is 0 Å². The van der Waals surface area contributed by atoms with Gasteiger partial charge >= 0.3 is 0 Å². The second kappa shape index (κ2) is 6.01. The molecule has 1 aliphatic heterocycles. The van der Waals surface area contributed by atoms with Gasteiger partial charge in [-0.25, -0.2) is 13.1 Å². The lowest BCUT2D eigenvalue weighted by atomic mass is 9.87. The van der Waals surface area contributed by atoms with E-state index in [1.54, 1.807) is 18.2 Å². The number of anilines is 1. The van der Waals surface area contributed by atoms with E-state index in [9.17, 15) is 13.2 Å². The Bertz CT molecular complexity index is 685. The number of benzene rings is 1. The third-order valence-electron chi connectivity index (χ3n) is 4.70. The lowest BCUT2D eigenvalue weighted by molar-refractivity contribution is -0.116. The number of rotatable bonds is 3. The second-order valence-corrected chi connectivity index (χ2v) is 8.07. The van der Waals surface area contributed by atoms with E-state index in [1.807, 2.05) is 0 Å². The summed E-state index contributed by atoms with van der Waals surface area (Å²) in [6, 6.07) is 4.96. The molecule has 0 saturated heterocycles. The molecule has 0 aromatic heterocycles. The minimum absolute atomic E-state index is 0.0164. The molecule has 0 radical (unpaired) electrons. The zero-order valence-corrected chi connectivity index (χ0v) is 13.6. The topological polar surface area (TPSA) is 75.3 Å². The number of hydrogen-bond donors (Lipinski definition) is 2. The summed E-state index contributed by atoms with van der Waals surface area (Å²) >= 11 is 0. The predicted octanol–water partition coefficient (Wildman–Crippen LogP) is 2.43. The summed E-state index contributed by atoms with van der Waals surface area (Å²) in [5.74, 6) is 0.359. The van der Waals surface area contributed by atoms with Gasteiger partial charge in [-0.15, -0.1) is 0 Å². The molecule has 120 valence electrons. The first-order valence-electron chi connectivity index (χ1n) is 7.91. The van der Waals surface area contributed by atoms with Crippen molar-refractivity contribution in [3.8, 4) is 0 Å². The standard InChI is InChI=1S/C16H22N2O3S/c1-11-4-2-3-5-14(11)18-22(20,21)13-7-8-15-12(10-13)6-9-16(19)17-15/h7-8,10-11,14,18H,2-6,9H2,1H3,(H,17,19)/t11-,14-/m0/s1. The summed E-state index contributed by atoms with van der Waals surface area (Å²) in [5.41, 5.74) is 1.61. The molecule has 1 aromatic carbocycles. The van der Waals surface area contributed by atoms with Crippen LogP contribution in [0.4, 0.5) is 5.69 Å². The van der Waals surface area contributed by atoms with Crippen molar-refractivity contribution in [2.45, 2.75) is 56.4 Å². The van der Waals surface area contributed by atoms with Gasteiger partial charge in [0.15, 0.2) is 0 Å². The van der Waals surface area contributed by atoms with Gasteiger partial charge in [0.2, 0.25) is 15.9 Å². The Balaban J connectivity index is 1.81. The quantitative estimate of drug-likeness (QED) is 0.897. The smallest absolute Gasteiger partial charge is 0.240 e. The van der Waals surface area contributed by atoms with Crippen LogP contribution in [-0.4, -0.2) is 20.4 Å². The van der Waals surface area contributed by atoms with E-state index in [0.717, 1.165) is 30.5 Å². The van der Waals surface area contributed by atoms with Gasteiger partial charge < -0.3 is 5.32 Å². The van der Waals surface area contributed by atoms with Crippen molar-refractivity contribution in [3.63, 3.8) is 0 Å². The van der Waals surface area contributed by atoms with Gasteiger partial charge in [-0.1, -0.05) is 19.8 Å². The molecule has 1 saturated carbocycles. The molecule has 1 aliphatic carbocycles. The molecule has 0 bridgehead atoms. The Hall–Kier alpha value is -1.40. The summed E-state index contributed by atoms with van der Waals surface area (Å²) in [7, 11) is -3.50. The molecular formula is C16H22N2O3S. The number of sulfonamides is 1. The SMILES string of the molecule is C[C@H]1CCCC[C@@H]1NS(=O)(=O)c1ccc2c(c1)CCC(=O)N2. The Morgan fingerprint density at radius 3 is 2.73 bits per heavy atom. The Kier molecular flexibility index (Phi) is 4.23. The molecule has 6 heteroatoms. The molecule has 22 heavy (non-hydrogen) atoms. The fourth-order valence-corrected chi connectivity index (χ4v) is 4.72. The fraction of sp³-hybridized carbons (Fsp3) is 0.562. The summed E-state index contributed by atoms with van der Waals surface area (Å²) in [6.07, 6.45) is 5.23. The fourth-order valence-electron chi connectivity index (χ4n) is 3.29. The molecule has 1 heterocycles. The number of carbonyl (C=O) groups excluding carboxylic acids is 1. The molecule has 5 nitrogen and oxygen atoms in total. The summed E-state index contributed by atoms with van der Waals surface area (Å²) < 4.78 is 28.1. The van der Waals surface area contributed by atoms with Gasteiger partial charge in [0.1, 0.15) is 0 Å². The largest absolute Gasteiger partial charge is 0.326 e. The first-order valence-corrected chi connectivity index (χ1v) is 9.39. The van der Waals surface area contributed by atoms with E-state index >= 15 is 0 Å². The van der Waals surface area contributed by atoms with Gasteiger partial charge in [0.05, 0.1) is 4.90 Å². The van der Waals surface area contributed by atoms with Crippen LogP contribution in [0.1, 0.15) is 44.6 Å². The van der Waals surface area contributed by atoms with Crippen molar-refractivity contribution < 1.29 is 13.2 Å². The molecule has 2 aliphatic rings. The van der Waals surface area contributed by atoms with E-state index < -0.39 is 10.0 Å². The Labute approximate surface area is 131 Å². The van der Waals surface area contributed by atoms with E-state index in [4.69, 9.17) is 0 Å². The molecule has 1 aromatic rings. The molecule has 2 atom stereocenters.